The molecule has 2 aromatic rings. The third kappa shape index (κ3) is 4.15. The van der Waals surface area contributed by atoms with Gasteiger partial charge < -0.3 is 15.1 Å². The predicted octanol–water partition coefficient (Wildman–Crippen LogP) is 3.38. The van der Waals surface area contributed by atoms with Crippen LogP contribution in [0.1, 0.15) is 64.4 Å². The van der Waals surface area contributed by atoms with E-state index in [1.807, 2.05) is 6.92 Å². The molecule has 2 N–H and O–H groups in total. The van der Waals surface area contributed by atoms with E-state index in [0.717, 1.165) is 18.4 Å². The van der Waals surface area contributed by atoms with Crippen LogP contribution in [0.3, 0.4) is 0 Å². The summed E-state index contributed by atoms with van der Waals surface area (Å²) in [6.45, 7) is 5.43. The van der Waals surface area contributed by atoms with E-state index in [-0.39, 0.29) is 24.4 Å². The van der Waals surface area contributed by atoms with Crippen molar-refractivity contribution >= 4 is 11.8 Å². The Labute approximate surface area is 154 Å². The van der Waals surface area contributed by atoms with E-state index < -0.39 is 0 Å². The number of hydrogen-bond donors (Lipinski definition) is 2. The van der Waals surface area contributed by atoms with E-state index in [1.165, 1.54) is 24.0 Å². The number of carbonyl (C=O) groups is 2. The largest absolute Gasteiger partial charge is 0.466 e. The SMILES string of the molecule is Cc1cc(C(=O)NCC(=O)N[C@H](C)c2ccc3c(c2)CCCC3)c(C)o1. The van der Waals surface area contributed by atoms with E-state index in [1.54, 1.807) is 19.9 Å². The van der Waals surface area contributed by atoms with Crippen LogP contribution in [0, 0.1) is 13.8 Å². The number of rotatable bonds is 5. The second-order valence-electron chi connectivity index (χ2n) is 7.03. The molecule has 1 atom stereocenters. The van der Waals surface area contributed by atoms with Gasteiger partial charge in [0.15, 0.2) is 0 Å². The Hall–Kier alpha value is -2.56. The average Bonchev–Trinajstić information content (AvgIpc) is 2.97. The van der Waals surface area contributed by atoms with Gasteiger partial charge >= 0.3 is 0 Å². The van der Waals surface area contributed by atoms with Crippen LogP contribution in [-0.2, 0) is 17.6 Å². The molecule has 1 aromatic carbocycles. The third-order valence-corrected chi connectivity index (χ3v) is 4.95. The number of furan rings is 1. The summed E-state index contributed by atoms with van der Waals surface area (Å²) in [6.07, 6.45) is 4.75. The highest BCUT2D eigenvalue weighted by molar-refractivity contribution is 5.97. The van der Waals surface area contributed by atoms with E-state index in [2.05, 4.69) is 28.8 Å². The van der Waals surface area contributed by atoms with Gasteiger partial charge in [0.1, 0.15) is 11.5 Å². The first-order valence-electron chi connectivity index (χ1n) is 9.20. The molecule has 1 heterocycles. The number of hydrogen-bond acceptors (Lipinski definition) is 3. The zero-order valence-corrected chi connectivity index (χ0v) is 15.6. The summed E-state index contributed by atoms with van der Waals surface area (Å²) >= 11 is 0. The lowest BCUT2D eigenvalue weighted by Gasteiger charge is -2.20. The first kappa shape index (κ1) is 18.2. The molecule has 3 rings (SSSR count). The first-order valence-corrected chi connectivity index (χ1v) is 9.20. The lowest BCUT2D eigenvalue weighted by atomic mass is 9.89. The highest BCUT2D eigenvalue weighted by atomic mass is 16.3. The van der Waals surface area contributed by atoms with Crippen LogP contribution in [0.5, 0.6) is 0 Å². The smallest absolute Gasteiger partial charge is 0.255 e. The summed E-state index contributed by atoms with van der Waals surface area (Å²) in [5.74, 6) is 0.735. The van der Waals surface area contributed by atoms with E-state index in [4.69, 9.17) is 4.42 Å². The van der Waals surface area contributed by atoms with Crippen LogP contribution >= 0.6 is 0 Å². The normalized spacial score (nSPS) is 14.4. The molecular formula is C21H26N2O3. The van der Waals surface area contributed by atoms with Gasteiger partial charge in [0.25, 0.3) is 5.91 Å². The fourth-order valence-electron chi connectivity index (χ4n) is 3.51. The van der Waals surface area contributed by atoms with Gasteiger partial charge in [-0.25, -0.2) is 0 Å². The minimum atomic E-state index is -0.295. The van der Waals surface area contributed by atoms with E-state index >= 15 is 0 Å². The zero-order chi connectivity index (χ0) is 18.7. The lowest BCUT2D eigenvalue weighted by molar-refractivity contribution is -0.120. The molecule has 0 spiro atoms. The van der Waals surface area contributed by atoms with Crippen LogP contribution in [0.15, 0.2) is 28.7 Å². The van der Waals surface area contributed by atoms with Crippen molar-refractivity contribution in [2.45, 2.75) is 52.5 Å². The lowest BCUT2D eigenvalue weighted by Crippen LogP contribution is -2.38. The second kappa shape index (κ2) is 7.77. The van der Waals surface area contributed by atoms with Gasteiger partial charge in [0.05, 0.1) is 18.2 Å². The summed E-state index contributed by atoms with van der Waals surface area (Å²) < 4.78 is 5.35. The van der Waals surface area contributed by atoms with Crippen molar-refractivity contribution in [2.75, 3.05) is 6.54 Å². The summed E-state index contributed by atoms with van der Waals surface area (Å²) in [6, 6.07) is 8.06. The highest BCUT2D eigenvalue weighted by Gasteiger charge is 2.16. The molecule has 0 saturated carbocycles. The van der Waals surface area contributed by atoms with Gasteiger partial charge in [0.2, 0.25) is 5.91 Å². The Bertz CT molecular complexity index is 823. The van der Waals surface area contributed by atoms with Crippen molar-refractivity contribution in [1.29, 1.82) is 0 Å². The molecule has 26 heavy (non-hydrogen) atoms. The fourth-order valence-corrected chi connectivity index (χ4v) is 3.51. The topological polar surface area (TPSA) is 71.3 Å². The van der Waals surface area contributed by atoms with Gasteiger partial charge in [-0.2, -0.15) is 0 Å². The van der Waals surface area contributed by atoms with Crippen LogP contribution in [0.25, 0.3) is 0 Å². The molecule has 1 aromatic heterocycles. The molecule has 0 aliphatic heterocycles. The maximum atomic E-state index is 12.2. The van der Waals surface area contributed by atoms with Crippen LogP contribution in [-0.4, -0.2) is 18.4 Å². The fraction of sp³-hybridized carbons (Fsp3) is 0.429. The molecule has 5 nitrogen and oxygen atoms in total. The molecule has 0 saturated heterocycles. The molecule has 5 heteroatoms. The highest BCUT2D eigenvalue weighted by Crippen LogP contribution is 2.24. The Morgan fingerprint density at radius 3 is 2.54 bits per heavy atom. The number of nitrogens with one attached hydrogen (secondary N) is 2. The van der Waals surface area contributed by atoms with Crippen LogP contribution in [0.4, 0.5) is 0 Å². The van der Waals surface area contributed by atoms with Crippen molar-refractivity contribution in [3.8, 4) is 0 Å². The standard InChI is InChI=1S/C21H26N2O3/c1-13-10-19(15(3)26-13)21(25)22-12-20(24)23-14(2)17-9-8-16-6-4-5-7-18(16)11-17/h8-11,14H,4-7,12H2,1-3H3,(H,22,25)(H,23,24)/t14-/m1/s1. The van der Waals surface area contributed by atoms with Gasteiger partial charge in [0, 0.05) is 0 Å². The molecule has 0 unspecified atom stereocenters. The Kier molecular flexibility index (Phi) is 5.45. The van der Waals surface area contributed by atoms with Crippen molar-refractivity contribution < 1.29 is 14.0 Å². The Morgan fingerprint density at radius 1 is 1.12 bits per heavy atom. The molecular weight excluding hydrogens is 328 g/mol. The average molecular weight is 354 g/mol. The maximum Gasteiger partial charge on any atom is 0.255 e. The Morgan fingerprint density at radius 2 is 1.85 bits per heavy atom. The second-order valence-corrected chi connectivity index (χ2v) is 7.03. The minimum Gasteiger partial charge on any atom is -0.466 e. The van der Waals surface area contributed by atoms with Crippen molar-refractivity contribution in [2.24, 2.45) is 0 Å². The number of amides is 2. The van der Waals surface area contributed by atoms with Crippen molar-refractivity contribution in [3.05, 3.63) is 58.0 Å². The van der Waals surface area contributed by atoms with Crippen LogP contribution < -0.4 is 10.6 Å². The molecule has 1 aliphatic rings. The first-order chi connectivity index (χ1) is 12.4. The number of carbonyl (C=O) groups excluding carboxylic acids is 2. The number of benzene rings is 1. The maximum absolute atomic E-state index is 12.2. The van der Waals surface area contributed by atoms with Gasteiger partial charge in [-0.05, 0) is 69.2 Å². The van der Waals surface area contributed by atoms with E-state index in [9.17, 15) is 9.59 Å². The quantitative estimate of drug-likeness (QED) is 0.865. The number of aryl methyl sites for hydroxylation is 4. The van der Waals surface area contributed by atoms with Crippen LogP contribution in [0.2, 0.25) is 0 Å². The molecule has 0 bridgehead atoms. The predicted molar refractivity (Wildman–Crippen MR) is 100 cm³/mol. The molecule has 2 amide bonds. The van der Waals surface area contributed by atoms with E-state index in [0.29, 0.717) is 17.1 Å². The molecule has 1 aliphatic carbocycles. The van der Waals surface area contributed by atoms with Gasteiger partial charge in [-0.1, -0.05) is 18.2 Å². The van der Waals surface area contributed by atoms with Gasteiger partial charge in [-0.3, -0.25) is 9.59 Å². The Balaban J connectivity index is 1.54. The monoisotopic (exact) mass is 354 g/mol. The van der Waals surface area contributed by atoms with Crippen molar-refractivity contribution in [1.82, 2.24) is 10.6 Å². The zero-order valence-electron chi connectivity index (χ0n) is 15.6. The number of fused-ring (bicyclic) bond motifs is 1. The molecule has 138 valence electrons. The molecule has 0 radical (unpaired) electrons. The third-order valence-electron chi connectivity index (χ3n) is 4.95. The summed E-state index contributed by atoms with van der Waals surface area (Å²) in [5, 5.41) is 5.60. The van der Waals surface area contributed by atoms with Crippen molar-refractivity contribution in [3.63, 3.8) is 0 Å². The summed E-state index contributed by atoms with van der Waals surface area (Å²) in [4.78, 5) is 24.3. The minimum absolute atomic E-state index is 0.0578. The summed E-state index contributed by atoms with van der Waals surface area (Å²) in [7, 11) is 0. The van der Waals surface area contributed by atoms with Gasteiger partial charge in [-0.15, -0.1) is 0 Å². The summed E-state index contributed by atoms with van der Waals surface area (Å²) in [5.41, 5.74) is 4.40. The molecule has 0 fully saturated rings.